The summed E-state index contributed by atoms with van der Waals surface area (Å²) in [6, 6.07) is 11.4. The van der Waals surface area contributed by atoms with Crippen molar-refractivity contribution in [2.24, 2.45) is 0 Å². The molecule has 1 aliphatic rings. The molecule has 0 spiro atoms. The Morgan fingerprint density at radius 3 is 2.88 bits per heavy atom. The lowest BCUT2D eigenvalue weighted by molar-refractivity contribution is -0.117. The molecule has 0 bridgehead atoms. The van der Waals surface area contributed by atoms with E-state index in [1.807, 2.05) is 13.0 Å². The molecule has 6 nitrogen and oxygen atoms in total. The number of nitrogens with one attached hydrogen (secondary N) is 1. The van der Waals surface area contributed by atoms with Gasteiger partial charge in [0, 0.05) is 18.7 Å². The van der Waals surface area contributed by atoms with Crippen LogP contribution in [0.3, 0.4) is 0 Å². The maximum atomic E-state index is 14.0. The summed E-state index contributed by atoms with van der Waals surface area (Å²) in [5.74, 6) is -0.117. The molecule has 8 heteroatoms. The van der Waals surface area contributed by atoms with E-state index < -0.39 is 11.7 Å². The Kier molecular flexibility index (Phi) is 8.48. The van der Waals surface area contributed by atoms with Gasteiger partial charge in [0.2, 0.25) is 0 Å². The van der Waals surface area contributed by atoms with Gasteiger partial charge in [-0.2, -0.15) is 5.26 Å². The standard InChI is InChI=1S/C24H24ClFN2O4/c1-2-30-23-12-16(11-17(13-27)24(29)28-14-18-5-4-10-31-18)8-9-22(23)32-15-19-20(25)6-3-7-21(19)26/h3,6-9,11-12,18H,2,4-5,10,14-15H2,1H3,(H,28,29)/b17-11+/t18-/m0/s1. The third-order valence-electron chi connectivity index (χ3n) is 4.89. The molecule has 1 N–H and O–H groups in total. The zero-order valence-electron chi connectivity index (χ0n) is 17.7. The van der Waals surface area contributed by atoms with E-state index >= 15 is 0 Å². The third-order valence-corrected chi connectivity index (χ3v) is 5.25. The molecule has 1 saturated heterocycles. The summed E-state index contributed by atoms with van der Waals surface area (Å²) >= 11 is 6.06. The topological polar surface area (TPSA) is 80.6 Å². The lowest BCUT2D eigenvalue weighted by Crippen LogP contribution is -2.32. The van der Waals surface area contributed by atoms with E-state index in [-0.39, 0.29) is 28.9 Å². The average Bonchev–Trinajstić information content (AvgIpc) is 3.30. The van der Waals surface area contributed by atoms with Gasteiger partial charge in [-0.15, -0.1) is 0 Å². The highest BCUT2D eigenvalue weighted by Crippen LogP contribution is 2.31. The normalized spacial score (nSPS) is 15.8. The number of nitriles is 1. The molecule has 1 atom stereocenters. The molecule has 0 aromatic heterocycles. The lowest BCUT2D eigenvalue weighted by Gasteiger charge is -2.14. The number of rotatable bonds is 9. The molecule has 2 aromatic carbocycles. The second kappa shape index (κ2) is 11.5. The van der Waals surface area contributed by atoms with Crippen molar-refractivity contribution in [2.45, 2.75) is 32.5 Å². The molecule has 0 radical (unpaired) electrons. The Hall–Kier alpha value is -3.08. The van der Waals surface area contributed by atoms with Crippen LogP contribution in [0.4, 0.5) is 4.39 Å². The number of hydrogen-bond donors (Lipinski definition) is 1. The number of benzene rings is 2. The first-order chi connectivity index (χ1) is 15.5. The maximum absolute atomic E-state index is 14.0. The molecule has 168 valence electrons. The monoisotopic (exact) mass is 458 g/mol. The van der Waals surface area contributed by atoms with E-state index in [4.69, 9.17) is 25.8 Å². The Morgan fingerprint density at radius 2 is 2.19 bits per heavy atom. The number of nitrogens with zero attached hydrogens (tertiary/aromatic N) is 1. The van der Waals surface area contributed by atoms with Gasteiger partial charge in [-0.25, -0.2) is 4.39 Å². The van der Waals surface area contributed by atoms with Crippen LogP contribution < -0.4 is 14.8 Å². The van der Waals surface area contributed by atoms with E-state index in [0.717, 1.165) is 12.8 Å². The summed E-state index contributed by atoms with van der Waals surface area (Å²) < 4.78 is 30.9. The van der Waals surface area contributed by atoms with Crippen LogP contribution in [-0.2, 0) is 16.1 Å². The molecular weight excluding hydrogens is 435 g/mol. The lowest BCUT2D eigenvalue weighted by atomic mass is 10.1. The Morgan fingerprint density at radius 1 is 1.34 bits per heavy atom. The summed E-state index contributed by atoms with van der Waals surface area (Å²) in [4.78, 5) is 12.4. The third kappa shape index (κ3) is 6.22. The van der Waals surface area contributed by atoms with Crippen LogP contribution in [0.25, 0.3) is 6.08 Å². The highest BCUT2D eigenvalue weighted by molar-refractivity contribution is 6.31. The summed E-state index contributed by atoms with van der Waals surface area (Å²) in [6.07, 6.45) is 3.33. The van der Waals surface area contributed by atoms with E-state index in [1.165, 1.54) is 18.2 Å². The molecule has 0 unspecified atom stereocenters. The van der Waals surface area contributed by atoms with Gasteiger partial charge in [0.1, 0.15) is 24.1 Å². The first-order valence-electron chi connectivity index (χ1n) is 10.4. The molecule has 0 aliphatic carbocycles. The first kappa shape index (κ1) is 23.6. The number of carbonyl (C=O) groups excluding carboxylic acids is 1. The van der Waals surface area contributed by atoms with Crippen molar-refractivity contribution < 1.29 is 23.4 Å². The first-order valence-corrected chi connectivity index (χ1v) is 10.7. The predicted molar refractivity (Wildman–Crippen MR) is 119 cm³/mol. The highest BCUT2D eigenvalue weighted by atomic mass is 35.5. The van der Waals surface area contributed by atoms with Crippen molar-refractivity contribution in [1.29, 1.82) is 5.26 Å². The van der Waals surface area contributed by atoms with E-state index in [2.05, 4.69) is 5.32 Å². The van der Waals surface area contributed by atoms with Gasteiger partial charge in [-0.1, -0.05) is 23.7 Å². The molecule has 1 heterocycles. The molecule has 0 saturated carbocycles. The van der Waals surface area contributed by atoms with Crippen molar-refractivity contribution in [2.75, 3.05) is 19.8 Å². The summed E-state index contributed by atoms with van der Waals surface area (Å²) in [6.45, 7) is 3.18. The van der Waals surface area contributed by atoms with Crippen LogP contribution in [0.2, 0.25) is 5.02 Å². The SMILES string of the molecule is CCOc1cc(/C=C(\C#N)C(=O)NC[C@@H]2CCCO2)ccc1OCc1c(F)cccc1Cl. The van der Waals surface area contributed by atoms with Gasteiger partial charge in [0.25, 0.3) is 5.91 Å². The Balaban J connectivity index is 1.73. The molecule has 32 heavy (non-hydrogen) atoms. The fraction of sp³-hybridized carbons (Fsp3) is 0.333. The van der Waals surface area contributed by atoms with E-state index in [9.17, 15) is 14.4 Å². The van der Waals surface area contributed by atoms with Crippen LogP contribution in [0.5, 0.6) is 11.5 Å². The van der Waals surface area contributed by atoms with Gasteiger partial charge in [0.15, 0.2) is 11.5 Å². The number of halogens is 2. The van der Waals surface area contributed by atoms with Crippen molar-refractivity contribution in [3.05, 3.63) is 63.9 Å². The molecule has 1 amide bonds. The largest absolute Gasteiger partial charge is 0.490 e. The molecule has 3 rings (SSSR count). The minimum atomic E-state index is -0.463. The molecular formula is C24H24ClFN2O4. The second-order valence-electron chi connectivity index (χ2n) is 7.14. The van der Waals surface area contributed by atoms with Crippen molar-refractivity contribution in [3.63, 3.8) is 0 Å². The number of ether oxygens (including phenoxy) is 3. The quantitative estimate of drug-likeness (QED) is 0.436. The van der Waals surface area contributed by atoms with Crippen molar-refractivity contribution in [3.8, 4) is 17.6 Å². The Labute approximate surface area is 191 Å². The van der Waals surface area contributed by atoms with Crippen LogP contribution >= 0.6 is 11.6 Å². The van der Waals surface area contributed by atoms with Crippen LogP contribution in [0, 0.1) is 17.1 Å². The van der Waals surface area contributed by atoms with E-state index in [0.29, 0.717) is 36.8 Å². The van der Waals surface area contributed by atoms with E-state index in [1.54, 1.807) is 24.3 Å². The molecule has 1 fully saturated rings. The van der Waals surface area contributed by atoms with Crippen LogP contribution in [-0.4, -0.2) is 31.8 Å². The predicted octanol–water partition coefficient (Wildman–Crippen LogP) is 4.66. The van der Waals surface area contributed by atoms with Gasteiger partial charge in [0.05, 0.1) is 17.7 Å². The van der Waals surface area contributed by atoms with Gasteiger partial charge in [-0.3, -0.25) is 4.79 Å². The zero-order valence-corrected chi connectivity index (χ0v) is 18.5. The summed E-state index contributed by atoms with van der Waals surface area (Å²) in [5.41, 5.74) is 0.807. The zero-order chi connectivity index (χ0) is 22.9. The van der Waals surface area contributed by atoms with Gasteiger partial charge < -0.3 is 19.5 Å². The average molecular weight is 459 g/mol. The highest BCUT2D eigenvalue weighted by Gasteiger charge is 2.18. The minimum absolute atomic E-state index is 0.0113. The molecule has 1 aliphatic heterocycles. The fourth-order valence-electron chi connectivity index (χ4n) is 3.24. The smallest absolute Gasteiger partial charge is 0.262 e. The second-order valence-corrected chi connectivity index (χ2v) is 7.55. The molecule has 2 aromatic rings. The van der Waals surface area contributed by atoms with Gasteiger partial charge in [-0.05, 0) is 55.7 Å². The summed E-state index contributed by atoms with van der Waals surface area (Å²) in [7, 11) is 0. The van der Waals surface area contributed by atoms with Crippen molar-refractivity contribution >= 4 is 23.6 Å². The van der Waals surface area contributed by atoms with Crippen LogP contribution in [0.15, 0.2) is 42.0 Å². The van der Waals surface area contributed by atoms with Crippen LogP contribution in [0.1, 0.15) is 30.9 Å². The fourth-order valence-corrected chi connectivity index (χ4v) is 3.46. The minimum Gasteiger partial charge on any atom is -0.490 e. The summed E-state index contributed by atoms with van der Waals surface area (Å²) in [5, 5.41) is 12.4. The number of amides is 1. The maximum Gasteiger partial charge on any atom is 0.262 e. The van der Waals surface area contributed by atoms with Gasteiger partial charge >= 0.3 is 0 Å². The Bertz CT molecular complexity index is 1010. The number of hydrogen-bond acceptors (Lipinski definition) is 5. The number of carbonyl (C=O) groups is 1. The van der Waals surface area contributed by atoms with Crippen molar-refractivity contribution in [1.82, 2.24) is 5.32 Å².